The molecule has 3 aromatic rings. The van der Waals surface area contributed by atoms with E-state index < -0.39 is 0 Å². The van der Waals surface area contributed by atoms with E-state index in [2.05, 4.69) is 10.3 Å². The highest BCUT2D eigenvalue weighted by atomic mass is 35.5. The third-order valence-electron chi connectivity index (χ3n) is 3.11. The third-order valence-corrected chi connectivity index (χ3v) is 4.63. The molecule has 118 valence electrons. The highest BCUT2D eigenvalue weighted by molar-refractivity contribution is 7.15. The number of amides is 1. The number of carbonyl (C=O) groups is 1. The summed E-state index contributed by atoms with van der Waals surface area (Å²) in [6.07, 6.45) is 2.32. The number of hydrogen-bond donors (Lipinski definition) is 1. The van der Waals surface area contributed by atoms with Crippen molar-refractivity contribution in [2.45, 2.75) is 13.3 Å². The summed E-state index contributed by atoms with van der Waals surface area (Å²) in [7, 11) is 0. The summed E-state index contributed by atoms with van der Waals surface area (Å²) < 4.78 is 5.28. The van der Waals surface area contributed by atoms with Gasteiger partial charge in [-0.3, -0.25) is 10.1 Å². The Labute approximate surface area is 147 Å². The van der Waals surface area contributed by atoms with Crippen LogP contribution in [0.4, 0.5) is 5.13 Å². The average molecular weight is 367 g/mol. The number of anilines is 1. The van der Waals surface area contributed by atoms with Crippen molar-refractivity contribution in [3.63, 3.8) is 0 Å². The van der Waals surface area contributed by atoms with E-state index in [1.54, 1.807) is 37.4 Å². The topological polar surface area (TPSA) is 55.1 Å². The lowest BCUT2D eigenvalue weighted by atomic mass is 10.1. The third kappa shape index (κ3) is 3.93. The van der Waals surface area contributed by atoms with Crippen LogP contribution in [0.2, 0.25) is 10.0 Å². The molecule has 4 nitrogen and oxygen atoms in total. The van der Waals surface area contributed by atoms with E-state index in [0.29, 0.717) is 27.4 Å². The predicted molar refractivity (Wildman–Crippen MR) is 92.8 cm³/mol. The Morgan fingerprint density at radius 3 is 2.87 bits per heavy atom. The SMILES string of the molecule is Cc1ccc(C(=O)Nc2ncc(Cc3cc(Cl)ccc3Cl)s2)o1. The maximum atomic E-state index is 12.0. The normalized spacial score (nSPS) is 10.7. The fraction of sp³-hybridized carbons (Fsp3) is 0.125. The number of nitrogens with zero attached hydrogens (tertiary/aromatic N) is 1. The maximum absolute atomic E-state index is 12.0. The first-order chi connectivity index (χ1) is 11.0. The van der Waals surface area contributed by atoms with Crippen molar-refractivity contribution < 1.29 is 9.21 Å². The van der Waals surface area contributed by atoms with Crippen molar-refractivity contribution in [2.24, 2.45) is 0 Å². The molecule has 0 radical (unpaired) electrons. The Hall–Kier alpha value is -1.82. The van der Waals surface area contributed by atoms with Gasteiger partial charge in [0.05, 0.1) is 0 Å². The second kappa shape index (κ2) is 6.74. The van der Waals surface area contributed by atoms with Gasteiger partial charge in [0, 0.05) is 27.5 Å². The van der Waals surface area contributed by atoms with Gasteiger partial charge in [0.2, 0.25) is 0 Å². The van der Waals surface area contributed by atoms with Crippen LogP contribution >= 0.6 is 34.5 Å². The number of aromatic nitrogens is 1. The molecule has 7 heteroatoms. The molecule has 2 aromatic heterocycles. The van der Waals surface area contributed by atoms with Crippen LogP contribution in [0.15, 0.2) is 40.9 Å². The van der Waals surface area contributed by atoms with Crippen molar-refractivity contribution in [3.05, 3.63) is 68.5 Å². The fourth-order valence-corrected chi connectivity index (χ4v) is 3.24. The van der Waals surface area contributed by atoms with Gasteiger partial charge in [-0.25, -0.2) is 4.98 Å². The van der Waals surface area contributed by atoms with Crippen molar-refractivity contribution in [1.82, 2.24) is 4.98 Å². The number of thiazole rings is 1. The largest absolute Gasteiger partial charge is 0.456 e. The zero-order chi connectivity index (χ0) is 16.4. The van der Waals surface area contributed by atoms with Gasteiger partial charge in [-0.2, -0.15) is 0 Å². The van der Waals surface area contributed by atoms with Crippen LogP contribution in [0.1, 0.15) is 26.8 Å². The van der Waals surface area contributed by atoms with E-state index in [9.17, 15) is 4.79 Å². The molecular weight excluding hydrogens is 355 g/mol. The summed E-state index contributed by atoms with van der Waals surface area (Å²) in [5.41, 5.74) is 0.919. The lowest BCUT2D eigenvalue weighted by Crippen LogP contribution is -2.10. The van der Waals surface area contributed by atoms with E-state index in [1.807, 2.05) is 6.07 Å². The van der Waals surface area contributed by atoms with Crippen molar-refractivity contribution in [1.29, 1.82) is 0 Å². The Morgan fingerprint density at radius 2 is 2.13 bits per heavy atom. The second-order valence-corrected chi connectivity index (χ2v) is 6.87. The van der Waals surface area contributed by atoms with E-state index in [1.165, 1.54) is 11.3 Å². The average Bonchev–Trinajstić information content (AvgIpc) is 3.12. The summed E-state index contributed by atoms with van der Waals surface area (Å²) in [6.45, 7) is 1.78. The minimum atomic E-state index is -0.320. The summed E-state index contributed by atoms with van der Waals surface area (Å²) in [5, 5.41) is 4.52. The molecule has 1 N–H and O–H groups in total. The van der Waals surface area contributed by atoms with Crippen LogP contribution in [0.5, 0.6) is 0 Å². The number of benzene rings is 1. The molecule has 3 rings (SSSR count). The summed E-state index contributed by atoms with van der Waals surface area (Å²) in [5.74, 6) is 0.627. The zero-order valence-corrected chi connectivity index (χ0v) is 14.4. The number of aryl methyl sites for hydroxylation is 1. The first kappa shape index (κ1) is 16.1. The molecule has 0 saturated carbocycles. The Bertz CT molecular complexity index is 857. The fourth-order valence-electron chi connectivity index (χ4n) is 2.03. The van der Waals surface area contributed by atoms with E-state index in [-0.39, 0.29) is 11.7 Å². The van der Waals surface area contributed by atoms with E-state index in [0.717, 1.165) is 10.4 Å². The first-order valence-corrected chi connectivity index (χ1v) is 8.35. The van der Waals surface area contributed by atoms with Crippen molar-refractivity contribution in [2.75, 3.05) is 5.32 Å². The van der Waals surface area contributed by atoms with Crippen molar-refractivity contribution >= 4 is 45.6 Å². The van der Waals surface area contributed by atoms with Crippen LogP contribution < -0.4 is 5.32 Å². The molecule has 0 bridgehead atoms. The minimum absolute atomic E-state index is 0.261. The quantitative estimate of drug-likeness (QED) is 0.690. The summed E-state index contributed by atoms with van der Waals surface area (Å²) in [4.78, 5) is 17.2. The molecule has 0 unspecified atom stereocenters. The van der Waals surface area contributed by atoms with Crippen molar-refractivity contribution in [3.8, 4) is 0 Å². The second-order valence-electron chi connectivity index (χ2n) is 4.91. The summed E-state index contributed by atoms with van der Waals surface area (Å²) in [6, 6.07) is 8.71. The maximum Gasteiger partial charge on any atom is 0.293 e. The van der Waals surface area contributed by atoms with Crippen LogP contribution in [0, 0.1) is 6.92 Å². The zero-order valence-electron chi connectivity index (χ0n) is 12.1. The van der Waals surface area contributed by atoms with Gasteiger partial charge in [0.25, 0.3) is 5.91 Å². The van der Waals surface area contributed by atoms with Gasteiger partial charge in [-0.05, 0) is 42.8 Å². The molecule has 0 spiro atoms. The lowest BCUT2D eigenvalue weighted by Gasteiger charge is -2.02. The number of carbonyl (C=O) groups excluding carboxylic acids is 1. The molecule has 23 heavy (non-hydrogen) atoms. The number of hydrogen-bond acceptors (Lipinski definition) is 4. The van der Waals surface area contributed by atoms with Crippen LogP contribution in [-0.2, 0) is 6.42 Å². The number of nitrogens with one attached hydrogen (secondary N) is 1. The molecule has 0 fully saturated rings. The van der Waals surface area contributed by atoms with E-state index >= 15 is 0 Å². The number of furan rings is 1. The Balaban J connectivity index is 1.70. The van der Waals surface area contributed by atoms with Gasteiger partial charge >= 0.3 is 0 Å². The van der Waals surface area contributed by atoms with Gasteiger partial charge in [0.1, 0.15) is 5.76 Å². The molecule has 0 saturated heterocycles. The van der Waals surface area contributed by atoms with Crippen LogP contribution in [-0.4, -0.2) is 10.9 Å². The first-order valence-electron chi connectivity index (χ1n) is 6.77. The smallest absolute Gasteiger partial charge is 0.293 e. The highest BCUT2D eigenvalue weighted by Gasteiger charge is 2.13. The summed E-state index contributed by atoms with van der Waals surface area (Å²) >= 11 is 13.5. The highest BCUT2D eigenvalue weighted by Crippen LogP contribution is 2.27. The molecule has 0 atom stereocenters. The van der Waals surface area contributed by atoms with Crippen LogP contribution in [0.25, 0.3) is 0 Å². The monoisotopic (exact) mass is 366 g/mol. The molecule has 1 aromatic carbocycles. The molecule has 1 amide bonds. The molecule has 2 heterocycles. The van der Waals surface area contributed by atoms with Gasteiger partial charge < -0.3 is 4.42 Å². The van der Waals surface area contributed by atoms with Gasteiger partial charge in [-0.1, -0.05) is 23.2 Å². The van der Waals surface area contributed by atoms with Gasteiger partial charge in [-0.15, -0.1) is 11.3 Å². The molecule has 0 aliphatic rings. The number of halogens is 2. The van der Waals surface area contributed by atoms with E-state index in [4.69, 9.17) is 27.6 Å². The predicted octanol–water partition coefficient (Wildman–Crippen LogP) is 5.19. The number of rotatable bonds is 4. The minimum Gasteiger partial charge on any atom is -0.456 e. The molecule has 0 aliphatic carbocycles. The Morgan fingerprint density at radius 1 is 1.30 bits per heavy atom. The molecular formula is C16H12Cl2N2O2S. The van der Waals surface area contributed by atoms with Gasteiger partial charge in [0.15, 0.2) is 10.9 Å². The molecule has 0 aliphatic heterocycles. The lowest BCUT2D eigenvalue weighted by molar-refractivity contribution is 0.0995. The van der Waals surface area contributed by atoms with Crippen LogP contribution in [0.3, 0.4) is 0 Å². The standard InChI is InChI=1S/C16H12Cl2N2O2S/c1-9-2-5-14(22-9)15(21)20-16-19-8-12(23-16)7-10-6-11(17)3-4-13(10)18/h2-6,8H,7H2,1H3,(H,19,20,21). The Kier molecular flexibility index (Phi) is 4.71.